The van der Waals surface area contributed by atoms with E-state index in [0.29, 0.717) is 18.8 Å². The van der Waals surface area contributed by atoms with Crippen molar-refractivity contribution in [2.45, 2.75) is 25.7 Å². The van der Waals surface area contributed by atoms with Gasteiger partial charge in [0.15, 0.2) is 0 Å². The average Bonchev–Trinajstić information content (AvgIpc) is 2.44. The number of benzene rings is 1. The van der Waals surface area contributed by atoms with E-state index < -0.39 is 4.92 Å². The van der Waals surface area contributed by atoms with E-state index in [-0.39, 0.29) is 11.4 Å². The monoisotopic (exact) mass is 278 g/mol. The number of nitro groups is 1. The summed E-state index contributed by atoms with van der Waals surface area (Å²) in [5, 5.41) is 17.4. The van der Waals surface area contributed by atoms with Crippen molar-refractivity contribution < 1.29 is 4.92 Å². The number of rotatable bonds is 9. The molecule has 0 heterocycles. The molecule has 0 fully saturated rings. The van der Waals surface area contributed by atoms with Crippen LogP contribution in [0.15, 0.2) is 23.3 Å². The average molecular weight is 278 g/mol. The highest BCUT2D eigenvalue weighted by Crippen LogP contribution is 2.29. The van der Waals surface area contributed by atoms with Gasteiger partial charge < -0.3 is 11.1 Å². The number of nitrogens with zero attached hydrogens (tertiary/aromatic N) is 4. The number of hydrogen-bond acceptors (Lipinski definition) is 5. The van der Waals surface area contributed by atoms with Crippen LogP contribution < -0.4 is 11.1 Å². The zero-order chi connectivity index (χ0) is 14.8. The Labute approximate surface area is 116 Å². The van der Waals surface area contributed by atoms with Crippen molar-refractivity contribution in [1.29, 1.82) is 0 Å². The van der Waals surface area contributed by atoms with E-state index in [1.54, 1.807) is 12.1 Å². The molecule has 0 bridgehead atoms. The first-order valence-electron chi connectivity index (χ1n) is 6.46. The van der Waals surface area contributed by atoms with E-state index in [9.17, 15) is 10.1 Å². The van der Waals surface area contributed by atoms with Gasteiger partial charge in [0, 0.05) is 23.2 Å². The molecule has 0 aromatic heterocycles. The lowest BCUT2D eigenvalue weighted by Crippen LogP contribution is -2.04. The topological polar surface area (TPSA) is 130 Å². The van der Waals surface area contributed by atoms with Crippen molar-refractivity contribution in [2.24, 2.45) is 10.8 Å². The highest BCUT2D eigenvalue weighted by molar-refractivity contribution is 5.66. The molecule has 0 amide bonds. The van der Waals surface area contributed by atoms with Crippen LogP contribution in [0.4, 0.5) is 17.1 Å². The first-order chi connectivity index (χ1) is 9.69. The minimum absolute atomic E-state index is 0.0862. The number of anilines is 1. The van der Waals surface area contributed by atoms with Crippen LogP contribution in [0.5, 0.6) is 0 Å². The summed E-state index contributed by atoms with van der Waals surface area (Å²) in [6.07, 6.45) is 4.03. The van der Waals surface area contributed by atoms with E-state index in [1.807, 2.05) is 0 Å². The van der Waals surface area contributed by atoms with Crippen molar-refractivity contribution in [3.05, 3.63) is 38.8 Å². The molecule has 0 saturated carbocycles. The fourth-order valence-electron chi connectivity index (χ4n) is 1.78. The Bertz CT molecular complexity index is 499. The number of unbranched alkanes of at least 4 members (excludes halogenated alkanes) is 3. The normalized spacial score (nSPS) is 9.85. The van der Waals surface area contributed by atoms with E-state index in [1.165, 1.54) is 6.07 Å². The predicted octanol–water partition coefficient (Wildman–Crippen LogP) is 3.47. The Morgan fingerprint density at radius 2 is 2.10 bits per heavy atom. The van der Waals surface area contributed by atoms with Gasteiger partial charge in [0.1, 0.15) is 5.69 Å². The first-order valence-corrected chi connectivity index (χ1v) is 6.46. The molecule has 108 valence electrons. The third-order valence-corrected chi connectivity index (χ3v) is 2.78. The molecule has 0 aliphatic carbocycles. The maximum Gasteiger partial charge on any atom is 0.292 e. The largest absolute Gasteiger partial charge is 0.379 e. The zero-order valence-corrected chi connectivity index (χ0v) is 11.2. The smallest absolute Gasteiger partial charge is 0.292 e. The summed E-state index contributed by atoms with van der Waals surface area (Å²) in [5.74, 6) is 0. The molecule has 0 aliphatic rings. The molecule has 0 saturated heterocycles. The quantitative estimate of drug-likeness (QED) is 0.179. The fraction of sp³-hybridized carbons (Fsp3) is 0.500. The van der Waals surface area contributed by atoms with Crippen LogP contribution in [0.1, 0.15) is 25.7 Å². The van der Waals surface area contributed by atoms with Gasteiger partial charge in [-0.15, -0.1) is 0 Å². The molecule has 0 radical (unpaired) electrons. The van der Waals surface area contributed by atoms with Gasteiger partial charge in [-0.2, -0.15) is 0 Å². The van der Waals surface area contributed by atoms with Crippen LogP contribution in [0.2, 0.25) is 0 Å². The molecule has 20 heavy (non-hydrogen) atoms. The molecule has 0 unspecified atom stereocenters. The Hall–Kier alpha value is -2.31. The molecule has 0 atom stereocenters. The number of azide groups is 1. The Morgan fingerprint density at radius 3 is 2.75 bits per heavy atom. The van der Waals surface area contributed by atoms with E-state index in [2.05, 4.69) is 15.3 Å². The lowest BCUT2D eigenvalue weighted by Gasteiger charge is -2.07. The SMILES string of the molecule is [N-]=[N+]=Nc1ccc(NCCCCCCN)c([N+](=O)[O-])c1. The van der Waals surface area contributed by atoms with Crippen LogP contribution in [0.25, 0.3) is 10.4 Å². The van der Waals surface area contributed by atoms with Crippen molar-refractivity contribution >= 4 is 17.1 Å². The van der Waals surface area contributed by atoms with E-state index in [0.717, 1.165) is 25.7 Å². The predicted molar refractivity (Wildman–Crippen MR) is 77.9 cm³/mol. The van der Waals surface area contributed by atoms with E-state index >= 15 is 0 Å². The van der Waals surface area contributed by atoms with Gasteiger partial charge in [-0.25, -0.2) is 0 Å². The molecule has 1 aromatic carbocycles. The lowest BCUT2D eigenvalue weighted by atomic mass is 10.2. The third kappa shape index (κ3) is 5.13. The molecular formula is C12H18N6O2. The number of hydrogen-bond donors (Lipinski definition) is 2. The molecule has 1 rings (SSSR count). The molecule has 8 nitrogen and oxygen atoms in total. The van der Waals surface area contributed by atoms with E-state index in [4.69, 9.17) is 11.3 Å². The summed E-state index contributed by atoms with van der Waals surface area (Å²) in [6, 6.07) is 4.36. The molecule has 3 N–H and O–H groups in total. The Kier molecular flexibility index (Phi) is 6.88. The Morgan fingerprint density at radius 1 is 1.35 bits per heavy atom. The summed E-state index contributed by atoms with van der Waals surface area (Å²) in [4.78, 5) is 13.1. The summed E-state index contributed by atoms with van der Waals surface area (Å²) in [7, 11) is 0. The maximum atomic E-state index is 11.0. The first kappa shape index (κ1) is 15.7. The number of nitrogens with two attached hydrogens (primary N) is 1. The van der Waals surface area contributed by atoms with Crippen LogP contribution >= 0.6 is 0 Å². The van der Waals surface area contributed by atoms with Gasteiger partial charge in [-0.1, -0.05) is 24.0 Å². The summed E-state index contributed by atoms with van der Waals surface area (Å²) >= 11 is 0. The summed E-state index contributed by atoms with van der Waals surface area (Å²) in [5.41, 5.74) is 14.3. The highest BCUT2D eigenvalue weighted by atomic mass is 16.6. The van der Waals surface area contributed by atoms with Gasteiger partial charge in [0.25, 0.3) is 5.69 Å². The van der Waals surface area contributed by atoms with Gasteiger partial charge >= 0.3 is 0 Å². The van der Waals surface area contributed by atoms with Gasteiger partial charge in [-0.05, 0) is 31.0 Å². The second-order valence-corrected chi connectivity index (χ2v) is 4.28. The Balaban J connectivity index is 2.60. The van der Waals surface area contributed by atoms with Gasteiger partial charge in [-0.3, -0.25) is 10.1 Å². The van der Waals surface area contributed by atoms with Gasteiger partial charge in [0.2, 0.25) is 0 Å². The van der Waals surface area contributed by atoms with Crippen molar-refractivity contribution in [3.63, 3.8) is 0 Å². The van der Waals surface area contributed by atoms with Crippen LogP contribution in [-0.4, -0.2) is 18.0 Å². The van der Waals surface area contributed by atoms with Crippen LogP contribution in [0.3, 0.4) is 0 Å². The molecule has 8 heteroatoms. The minimum Gasteiger partial charge on any atom is -0.379 e. The van der Waals surface area contributed by atoms with Crippen LogP contribution in [0, 0.1) is 10.1 Å². The summed E-state index contributed by atoms with van der Waals surface area (Å²) in [6.45, 7) is 1.35. The summed E-state index contributed by atoms with van der Waals surface area (Å²) < 4.78 is 0. The molecule has 1 aromatic rings. The highest BCUT2D eigenvalue weighted by Gasteiger charge is 2.13. The molecule has 0 aliphatic heterocycles. The second-order valence-electron chi connectivity index (χ2n) is 4.28. The minimum atomic E-state index is -0.493. The number of nitrogens with one attached hydrogen (secondary N) is 1. The number of nitro benzene ring substituents is 1. The van der Waals surface area contributed by atoms with Crippen molar-refractivity contribution in [2.75, 3.05) is 18.4 Å². The standard InChI is InChI=1S/C12H18N6O2/c13-7-3-1-2-4-8-15-11-6-5-10(16-17-14)9-12(11)18(19)20/h5-6,9,15H,1-4,7-8,13H2. The maximum absolute atomic E-state index is 11.0. The lowest BCUT2D eigenvalue weighted by molar-refractivity contribution is -0.383. The second kappa shape index (κ2) is 8.73. The third-order valence-electron chi connectivity index (χ3n) is 2.78. The van der Waals surface area contributed by atoms with Crippen molar-refractivity contribution in [1.82, 2.24) is 0 Å². The zero-order valence-electron chi connectivity index (χ0n) is 11.2. The van der Waals surface area contributed by atoms with Gasteiger partial charge in [0.05, 0.1) is 4.92 Å². The van der Waals surface area contributed by atoms with Crippen LogP contribution in [-0.2, 0) is 0 Å². The molecular weight excluding hydrogens is 260 g/mol. The van der Waals surface area contributed by atoms with Crippen molar-refractivity contribution in [3.8, 4) is 0 Å². The molecule has 0 spiro atoms. The fourth-order valence-corrected chi connectivity index (χ4v) is 1.78.